The number of amides is 1. The maximum atomic E-state index is 12.2. The molecule has 1 N–H and O–H groups in total. The number of hydrogen-bond acceptors (Lipinski definition) is 3. The van der Waals surface area contributed by atoms with Gasteiger partial charge in [0, 0.05) is 43.4 Å². The van der Waals surface area contributed by atoms with Crippen molar-refractivity contribution in [3.8, 4) is 0 Å². The van der Waals surface area contributed by atoms with Crippen molar-refractivity contribution in [3.05, 3.63) is 64.2 Å². The number of nitrogens with zero attached hydrogens (tertiary/aromatic N) is 2. The molecule has 0 saturated carbocycles. The van der Waals surface area contributed by atoms with Crippen LogP contribution in [-0.4, -0.2) is 50.1 Å². The van der Waals surface area contributed by atoms with Crippen molar-refractivity contribution >= 4 is 23.2 Å². The average Bonchev–Trinajstić information content (AvgIpc) is 2.65. The number of carbonyl (C=O) groups excluding carboxylic acids is 1. The van der Waals surface area contributed by atoms with Crippen LogP contribution in [0.4, 0.5) is 5.69 Å². The third kappa shape index (κ3) is 5.47. The lowest BCUT2D eigenvalue weighted by molar-refractivity contribution is -0.122. The number of hydrogen-bond donors (Lipinski definition) is 1. The Labute approximate surface area is 167 Å². The van der Waals surface area contributed by atoms with E-state index < -0.39 is 0 Å². The smallest absolute Gasteiger partial charge is 0.234 e. The SMILES string of the molecule is Cc1cccc(N2CCN(CC(=O)NCCc3cccc(Cl)c3)CC2)c1C. The molecule has 1 aliphatic heterocycles. The Morgan fingerprint density at radius 2 is 1.81 bits per heavy atom. The largest absolute Gasteiger partial charge is 0.369 e. The lowest BCUT2D eigenvalue weighted by Crippen LogP contribution is -2.49. The second kappa shape index (κ2) is 9.25. The summed E-state index contributed by atoms with van der Waals surface area (Å²) in [4.78, 5) is 16.9. The average molecular weight is 386 g/mol. The molecule has 0 aliphatic carbocycles. The van der Waals surface area contributed by atoms with Crippen LogP contribution in [0.1, 0.15) is 16.7 Å². The van der Waals surface area contributed by atoms with E-state index in [9.17, 15) is 4.79 Å². The number of halogens is 1. The predicted octanol–water partition coefficient (Wildman–Crippen LogP) is 3.44. The third-order valence-electron chi connectivity index (χ3n) is 5.28. The summed E-state index contributed by atoms with van der Waals surface area (Å²) in [6.07, 6.45) is 0.798. The quantitative estimate of drug-likeness (QED) is 0.827. The molecule has 5 heteroatoms. The zero-order valence-corrected chi connectivity index (χ0v) is 16.9. The zero-order valence-electron chi connectivity index (χ0n) is 16.2. The van der Waals surface area contributed by atoms with E-state index in [0.717, 1.165) is 43.2 Å². The fourth-order valence-corrected chi connectivity index (χ4v) is 3.74. The van der Waals surface area contributed by atoms with Gasteiger partial charge in [0.1, 0.15) is 0 Å². The predicted molar refractivity (Wildman–Crippen MR) is 113 cm³/mol. The zero-order chi connectivity index (χ0) is 19.2. The normalized spacial score (nSPS) is 15.0. The second-order valence-corrected chi connectivity index (χ2v) is 7.65. The lowest BCUT2D eigenvalue weighted by Gasteiger charge is -2.36. The molecule has 2 aromatic rings. The highest BCUT2D eigenvalue weighted by Crippen LogP contribution is 2.23. The molecule has 27 heavy (non-hydrogen) atoms. The van der Waals surface area contributed by atoms with E-state index in [1.807, 2.05) is 24.3 Å². The summed E-state index contributed by atoms with van der Waals surface area (Å²) in [5.74, 6) is 0.0946. The molecule has 4 nitrogen and oxygen atoms in total. The van der Waals surface area contributed by atoms with E-state index in [0.29, 0.717) is 13.1 Å². The molecule has 0 bridgehead atoms. The first-order valence-corrected chi connectivity index (χ1v) is 9.95. The van der Waals surface area contributed by atoms with E-state index in [2.05, 4.69) is 47.2 Å². The maximum Gasteiger partial charge on any atom is 0.234 e. The molecule has 0 spiro atoms. The van der Waals surface area contributed by atoms with Gasteiger partial charge in [0.2, 0.25) is 5.91 Å². The monoisotopic (exact) mass is 385 g/mol. The summed E-state index contributed by atoms with van der Waals surface area (Å²) < 4.78 is 0. The Balaban J connectivity index is 1.41. The van der Waals surface area contributed by atoms with Crippen LogP contribution >= 0.6 is 11.6 Å². The molecule has 1 saturated heterocycles. The number of carbonyl (C=O) groups is 1. The van der Waals surface area contributed by atoms with Crippen molar-refractivity contribution in [3.63, 3.8) is 0 Å². The molecule has 0 radical (unpaired) electrons. The molecule has 2 aromatic carbocycles. The first kappa shape index (κ1) is 19.7. The van der Waals surface area contributed by atoms with Gasteiger partial charge >= 0.3 is 0 Å². The van der Waals surface area contributed by atoms with Crippen LogP contribution in [0.2, 0.25) is 5.02 Å². The highest BCUT2D eigenvalue weighted by molar-refractivity contribution is 6.30. The Bertz CT molecular complexity index is 785. The minimum atomic E-state index is 0.0946. The summed E-state index contributed by atoms with van der Waals surface area (Å²) in [5, 5.41) is 3.76. The Morgan fingerprint density at radius 1 is 1.07 bits per heavy atom. The van der Waals surface area contributed by atoms with Crippen LogP contribution < -0.4 is 10.2 Å². The Morgan fingerprint density at radius 3 is 2.56 bits per heavy atom. The lowest BCUT2D eigenvalue weighted by atomic mass is 10.1. The summed E-state index contributed by atoms with van der Waals surface area (Å²) in [6, 6.07) is 14.3. The fraction of sp³-hybridized carbons (Fsp3) is 0.409. The van der Waals surface area contributed by atoms with Crippen molar-refractivity contribution in [2.75, 3.05) is 44.2 Å². The standard InChI is InChI=1S/C22H28ClN3O/c1-17-5-3-8-21(18(17)2)26-13-11-25(12-14-26)16-22(27)24-10-9-19-6-4-7-20(23)15-19/h3-8,15H,9-14,16H2,1-2H3,(H,24,27). The molecule has 1 fully saturated rings. The molecular formula is C22H28ClN3O. The van der Waals surface area contributed by atoms with Crippen molar-refractivity contribution in [1.29, 1.82) is 0 Å². The minimum absolute atomic E-state index is 0.0946. The fourth-order valence-electron chi connectivity index (χ4n) is 3.52. The van der Waals surface area contributed by atoms with Crippen molar-refractivity contribution < 1.29 is 4.79 Å². The second-order valence-electron chi connectivity index (χ2n) is 7.21. The van der Waals surface area contributed by atoms with E-state index in [1.54, 1.807) is 0 Å². The number of benzene rings is 2. The van der Waals surface area contributed by atoms with Crippen LogP contribution in [0.5, 0.6) is 0 Å². The van der Waals surface area contributed by atoms with E-state index in [4.69, 9.17) is 11.6 Å². The van der Waals surface area contributed by atoms with Gasteiger partial charge in [-0.25, -0.2) is 0 Å². The van der Waals surface area contributed by atoms with Gasteiger partial charge in [-0.2, -0.15) is 0 Å². The van der Waals surface area contributed by atoms with Gasteiger partial charge in [-0.1, -0.05) is 35.9 Å². The highest BCUT2D eigenvalue weighted by Gasteiger charge is 2.20. The van der Waals surface area contributed by atoms with Crippen molar-refractivity contribution in [2.45, 2.75) is 20.3 Å². The molecule has 144 valence electrons. The molecule has 0 atom stereocenters. The van der Waals surface area contributed by atoms with Crippen LogP contribution in [0, 0.1) is 13.8 Å². The number of anilines is 1. The van der Waals surface area contributed by atoms with Crippen LogP contribution in [0.15, 0.2) is 42.5 Å². The molecule has 0 aromatic heterocycles. The Hall–Kier alpha value is -2.04. The summed E-state index contributed by atoms with van der Waals surface area (Å²) in [5.41, 5.74) is 5.14. The third-order valence-corrected chi connectivity index (χ3v) is 5.52. The number of aryl methyl sites for hydroxylation is 1. The molecular weight excluding hydrogens is 358 g/mol. The molecule has 1 aliphatic rings. The van der Waals surface area contributed by atoms with Gasteiger partial charge < -0.3 is 10.2 Å². The molecule has 3 rings (SSSR count). The van der Waals surface area contributed by atoms with Crippen molar-refractivity contribution in [1.82, 2.24) is 10.2 Å². The van der Waals surface area contributed by atoms with Gasteiger partial charge in [0.25, 0.3) is 0 Å². The number of rotatable bonds is 6. The number of nitrogens with one attached hydrogen (secondary N) is 1. The van der Waals surface area contributed by atoms with Gasteiger partial charge in [-0.05, 0) is 55.2 Å². The van der Waals surface area contributed by atoms with Gasteiger partial charge in [-0.15, -0.1) is 0 Å². The number of piperazine rings is 1. The van der Waals surface area contributed by atoms with Crippen LogP contribution in [0.25, 0.3) is 0 Å². The summed E-state index contributed by atoms with van der Waals surface area (Å²) in [7, 11) is 0. The molecule has 0 unspecified atom stereocenters. The van der Waals surface area contributed by atoms with Gasteiger partial charge in [0.15, 0.2) is 0 Å². The summed E-state index contributed by atoms with van der Waals surface area (Å²) in [6.45, 7) is 9.19. The van der Waals surface area contributed by atoms with Crippen LogP contribution in [-0.2, 0) is 11.2 Å². The Kier molecular flexibility index (Phi) is 6.75. The minimum Gasteiger partial charge on any atom is -0.369 e. The highest BCUT2D eigenvalue weighted by atomic mass is 35.5. The van der Waals surface area contributed by atoms with Gasteiger partial charge in [0.05, 0.1) is 6.54 Å². The first-order chi connectivity index (χ1) is 13.0. The van der Waals surface area contributed by atoms with E-state index >= 15 is 0 Å². The first-order valence-electron chi connectivity index (χ1n) is 9.57. The van der Waals surface area contributed by atoms with Crippen LogP contribution in [0.3, 0.4) is 0 Å². The molecule has 1 amide bonds. The van der Waals surface area contributed by atoms with Gasteiger partial charge in [-0.3, -0.25) is 9.69 Å². The molecule has 1 heterocycles. The van der Waals surface area contributed by atoms with E-state index in [1.165, 1.54) is 16.8 Å². The topological polar surface area (TPSA) is 35.6 Å². The maximum absolute atomic E-state index is 12.2. The summed E-state index contributed by atoms with van der Waals surface area (Å²) >= 11 is 5.99. The van der Waals surface area contributed by atoms with E-state index in [-0.39, 0.29) is 5.91 Å². The van der Waals surface area contributed by atoms with Crippen molar-refractivity contribution in [2.24, 2.45) is 0 Å².